The Morgan fingerprint density at radius 1 is 1.25 bits per heavy atom. The van der Waals surface area contributed by atoms with E-state index in [1.165, 1.54) is 0 Å². The normalized spacial score (nSPS) is 23.4. The largest absolute Gasteiger partial charge is 0.478 e. The highest BCUT2D eigenvalue weighted by atomic mass is 16.7. The van der Waals surface area contributed by atoms with E-state index in [4.69, 9.17) is 19.7 Å². The number of hydrogen-bond acceptors (Lipinski definition) is 4. The Bertz CT molecular complexity index is 420. The number of benzene rings is 1. The average molecular weight is 280 g/mol. The van der Waals surface area contributed by atoms with E-state index in [0.29, 0.717) is 18.8 Å². The molecule has 1 aromatic carbocycles. The van der Waals surface area contributed by atoms with Gasteiger partial charge in [-0.3, -0.25) is 0 Å². The van der Waals surface area contributed by atoms with Gasteiger partial charge in [0.2, 0.25) is 0 Å². The van der Waals surface area contributed by atoms with Crippen LogP contribution in [0.4, 0.5) is 0 Å². The summed E-state index contributed by atoms with van der Waals surface area (Å²) < 4.78 is 11.0. The van der Waals surface area contributed by atoms with Crippen LogP contribution < -0.4 is 0 Å². The minimum atomic E-state index is -0.879. The van der Waals surface area contributed by atoms with Gasteiger partial charge < -0.3 is 19.7 Å². The number of carbonyl (C=O) groups is 1. The molecular weight excluding hydrogens is 260 g/mol. The number of aliphatic hydroxyl groups excluding tert-OH is 1. The third-order valence-corrected chi connectivity index (χ3v) is 3.72. The van der Waals surface area contributed by atoms with Gasteiger partial charge in [0.25, 0.3) is 0 Å². The van der Waals surface area contributed by atoms with Crippen molar-refractivity contribution in [3.63, 3.8) is 0 Å². The molecule has 0 aromatic heterocycles. The van der Waals surface area contributed by atoms with Crippen molar-refractivity contribution in [3.05, 3.63) is 35.9 Å². The summed E-state index contributed by atoms with van der Waals surface area (Å²) in [5.74, 6) is -1.06. The van der Waals surface area contributed by atoms with Crippen LogP contribution in [0.15, 0.2) is 30.3 Å². The lowest BCUT2D eigenvalue weighted by atomic mass is 10.0. The quantitative estimate of drug-likeness (QED) is 0.865. The molecule has 1 unspecified atom stereocenters. The van der Waals surface area contributed by atoms with Gasteiger partial charge in [-0.15, -0.1) is 0 Å². The van der Waals surface area contributed by atoms with Crippen molar-refractivity contribution in [1.82, 2.24) is 0 Å². The molecule has 0 bridgehead atoms. The van der Waals surface area contributed by atoms with Crippen LogP contribution in [0.5, 0.6) is 0 Å². The van der Waals surface area contributed by atoms with E-state index in [9.17, 15) is 4.79 Å². The number of ether oxygens (including phenoxy) is 2. The topological polar surface area (TPSA) is 76.0 Å². The summed E-state index contributed by atoms with van der Waals surface area (Å²) in [6.07, 6.45) is 3.11. The van der Waals surface area contributed by atoms with Crippen molar-refractivity contribution in [2.24, 2.45) is 5.92 Å². The van der Waals surface area contributed by atoms with Crippen LogP contribution >= 0.6 is 0 Å². The van der Waals surface area contributed by atoms with E-state index in [-0.39, 0.29) is 12.5 Å². The van der Waals surface area contributed by atoms with Crippen LogP contribution in [-0.4, -0.2) is 41.8 Å². The number of aromatic carboxylic acids is 1. The first kappa shape index (κ1) is 15.0. The van der Waals surface area contributed by atoms with E-state index < -0.39 is 11.8 Å². The van der Waals surface area contributed by atoms with Crippen LogP contribution in [0, 0.1) is 5.92 Å². The molecule has 2 N–H and O–H groups in total. The zero-order valence-electron chi connectivity index (χ0n) is 11.3. The highest BCUT2D eigenvalue weighted by molar-refractivity contribution is 5.87. The molecule has 3 rings (SSSR count). The molecule has 1 aromatic rings. The van der Waals surface area contributed by atoms with Gasteiger partial charge in [-0.1, -0.05) is 18.2 Å². The molecular formula is C15H20O5. The van der Waals surface area contributed by atoms with E-state index in [1.54, 1.807) is 30.3 Å². The highest BCUT2D eigenvalue weighted by Crippen LogP contribution is 2.41. The van der Waals surface area contributed by atoms with E-state index in [2.05, 4.69) is 0 Å². The van der Waals surface area contributed by atoms with Crippen molar-refractivity contribution in [3.8, 4) is 0 Å². The zero-order chi connectivity index (χ0) is 14.4. The predicted octanol–water partition coefficient (Wildman–Crippen LogP) is 1.91. The summed E-state index contributed by atoms with van der Waals surface area (Å²) >= 11 is 0. The monoisotopic (exact) mass is 280 g/mol. The molecule has 1 saturated carbocycles. The van der Waals surface area contributed by atoms with Crippen molar-refractivity contribution < 1.29 is 24.5 Å². The zero-order valence-corrected chi connectivity index (χ0v) is 11.3. The Morgan fingerprint density at radius 2 is 1.90 bits per heavy atom. The lowest BCUT2D eigenvalue weighted by Gasteiger charge is -2.27. The van der Waals surface area contributed by atoms with Crippen LogP contribution in [-0.2, 0) is 9.47 Å². The molecule has 2 aliphatic rings. The van der Waals surface area contributed by atoms with Crippen molar-refractivity contribution >= 4 is 5.97 Å². The molecule has 1 aliphatic heterocycles. The molecule has 5 heteroatoms. The molecule has 110 valence electrons. The molecule has 1 heterocycles. The fraction of sp³-hybridized carbons (Fsp3) is 0.533. The summed E-state index contributed by atoms with van der Waals surface area (Å²) in [6, 6.07) is 8.30. The molecule has 1 saturated heterocycles. The first-order valence-corrected chi connectivity index (χ1v) is 6.85. The highest BCUT2D eigenvalue weighted by Gasteiger charge is 2.47. The molecule has 1 spiro atoms. The number of carboxylic acid groups (broad SMARTS) is 1. The fourth-order valence-corrected chi connectivity index (χ4v) is 2.68. The minimum Gasteiger partial charge on any atom is -0.478 e. The smallest absolute Gasteiger partial charge is 0.335 e. The lowest BCUT2D eigenvalue weighted by Crippen LogP contribution is -2.36. The number of aliphatic hydroxyl groups is 1. The summed E-state index contributed by atoms with van der Waals surface area (Å²) in [5.41, 5.74) is 0.331. The second-order valence-electron chi connectivity index (χ2n) is 4.95. The SMILES string of the molecule is O=C(O)c1ccccc1.OCC1CCCC12OCCO2. The maximum atomic E-state index is 10.2. The molecule has 5 nitrogen and oxygen atoms in total. The Labute approximate surface area is 118 Å². The lowest BCUT2D eigenvalue weighted by molar-refractivity contribution is -0.188. The van der Waals surface area contributed by atoms with Crippen LogP contribution in [0.25, 0.3) is 0 Å². The molecule has 20 heavy (non-hydrogen) atoms. The number of carboxylic acids is 1. The maximum absolute atomic E-state index is 10.2. The van der Waals surface area contributed by atoms with Gasteiger partial charge in [0.1, 0.15) is 0 Å². The third-order valence-electron chi connectivity index (χ3n) is 3.72. The second kappa shape index (κ2) is 6.83. The van der Waals surface area contributed by atoms with Gasteiger partial charge >= 0.3 is 5.97 Å². The van der Waals surface area contributed by atoms with Gasteiger partial charge in [0.05, 0.1) is 25.4 Å². The van der Waals surface area contributed by atoms with Crippen LogP contribution in [0.2, 0.25) is 0 Å². The number of hydrogen-bond donors (Lipinski definition) is 2. The summed E-state index contributed by atoms with van der Waals surface area (Å²) in [7, 11) is 0. The predicted molar refractivity (Wildman–Crippen MR) is 72.5 cm³/mol. The summed E-state index contributed by atoms with van der Waals surface area (Å²) in [6.45, 7) is 1.58. The van der Waals surface area contributed by atoms with Crippen LogP contribution in [0.3, 0.4) is 0 Å². The van der Waals surface area contributed by atoms with Gasteiger partial charge in [-0.25, -0.2) is 4.79 Å². The second-order valence-corrected chi connectivity index (χ2v) is 4.95. The maximum Gasteiger partial charge on any atom is 0.335 e. The van der Waals surface area contributed by atoms with Gasteiger partial charge in [-0.2, -0.15) is 0 Å². The van der Waals surface area contributed by atoms with Crippen molar-refractivity contribution in [1.29, 1.82) is 0 Å². The van der Waals surface area contributed by atoms with Gasteiger partial charge in [-0.05, 0) is 25.0 Å². The Hall–Kier alpha value is -1.43. The first-order chi connectivity index (χ1) is 9.68. The summed E-state index contributed by atoms with van der Waals surface area (Å²) in [5, 5.41) is 17.4. The van der Waals surface area contributed by atoms with Gasteiger partial charge in [0, 0.05) is 12.3 Å². The molecule has 0 amide bonds. The first-order valence-electron chi connectivity index (χ1n) is 6.85. The fourth-order valence-electron chi connectivity index (χ4n) is 2.68. The molecule has 1 aliphatic carbocycles. The Balaban J connectivity index is 0.000000151. The van der Waals surface area contributed by atoms with Gasteiger partial charge in [0.15, 0.2) is 5.79 Å². The summed E-state index contributed by atoms with van der Waals surface area (Å²) in [4.78, 5) is 10.2. The number of rotatable bonds is 2. The third kappa shape index (κ3) is 3.36. The van der Waals surface area contributed by atoms with Crippen molar-refractivity contribution in [2.75, 3.05) is 19.8 Å². The molecule has 1 atom stereocenters. The molecule has 0 radical (unpaired) electrons. The minimum absolute atomic E-state index is 0.194. The van der Waals surface area contributed by atoms with E-state index in [1.807, 2.05) is 0 Å². The Kier molecular flexibility index (Phi) is 5.11. The standard InChI is InChI=1S/C8H14O3.C7H6O2/c9-6-7-2-1-3-8(7)10-4-5-11-8;8-7(9)6-4-2-1-3-5-6/h7,9H,1-6H2;1-5H,(H,8,9). The van der Waals surface area contributed by atoms with Crippen LogP contribution in [0.1, 0.15) is 29.6 Å². The van der Waals surface area contributed by atoms with E-state index >= 15 is 0 Å². The Morgan fingerprint density at radius 3 is 2.40 bits per heavy atom. The average Bonchev–Trinajstić information content (AvgIpc) is 3.11. The van der Waals surface area contributed by atoms with Crippen molar-refractivity contribution in [2.45, 2.75) is 25.0 Å². The van der Waals surface area contributed by atoms with E-state index in [0.717, 1.165) is 19.3 Å². The molecule has 2 fully saturated rings.